The zero-order valence-corrected chi connectivity index (χ0v) is 22.0. The molecule has 0 spiro atoms. The number of amides is 1. The maximum atomic E-state index is 13.0. The van der Waals surface area contributed by atoms with Crippen molar-refractivity contribution in [2.45, 2.75) is 57.2 Å². The highest BCUT2D eigenvalue weighted by atomic mass is 16.5. The summed E-state index contributed by atoms with van der Waals surface area (Å²) in [5.41, 5.74) is 5.57. The molecule has 7 heteroatoms. The minimum absolute atomic E-state index is 0.153. The maximum Gasteiger partial charge on any atom is 0.335 e. The minimum atomic E-state index is -1.02. The lowest BCUT2D eigenvalue weighted by Gasteiger charge is -2.23. The topological polar surface area (TPSA) is 104 Å². The van der Waals surface area contributed by atoms with Gasteiger partial charge in [0.1, 0.15) is 12.2 Å². The van der Waals surface area contributed by atoms with E-state index in [1.165, 1.54) is 49.8 Å². The number of H-pyrrole nitrogens is 1. The molecule has 3 N–H and O–H groups in total. The number of carboxylic acids is 1. The van der Waals surface area contributed by atoms with Gasteiger partial charge in [-0.1, -0.05) is 73.9 Å². The van der Waals surface area contributed by atoms with Gasteiger partial charge in [-0.15, -0.1) is 0 Å². The first-order chi connectivity index (χ1) is 19.0. The van der Waals surface area contributed by atoms with Gasteiger partial charge >= 0.3 is 5.97 Å². The fraction of sp³-hybridized carbons (Fsp3) is 0.281. The van der Waals surface area contributed by atoms with Crippen LogP contribution in [0.4, 0.5) is 5.69 Å². The van der Waals surface area contributed by atoms with Gasteiger partial charge in [-0.2, -0.15) is 5.10 Å². The number of hydrogen-bond donors (Lipinski definition) is 3. The summed E-state index contributed by atoms with van der Waals surface area (Å²) in [6.45, 7) is 1.70. The van der Waals surface area contributed by atoms with E-state index in [0.717, 1.165) is 22.4 Å². The van der Waals surface area contributed by atoms with Gasteiger partial charge in [0.05, 0.1) is 11.3 Å². The molecule has 0 radical (unpaired) electrons. The lowest BCUT2D eigenvalue weighted by Crippen LogP contribution is -2.29. The predicted molar refractivity (Wildman–Crippen MR) is 151 cm³/mol. The molecule has 3 aromatic carbocycles. The lowest BCUT2D eigenvalue weighted by molar-refractivity contribution is -0.128. The smallest absolute Gasteiger partial charge is 0.335 e. The number of rotatable bonds is 9. The third-order valence-corrected chi connectivity index (χ3v) is 7.42. The zero-order valence-electron chi connectivity index (χ0n) is 22.0. The fourth-order valence-electron chi connectivity index (χ4n) is 5.24. The van der Waals surface area contributed by atoms with Gasteiger partial charge in [-0.05, 0) is 61.1 Å². The molecule has 1 fully saturated rings. The van der Waals surface area contributed by atoms with Crippen molar-refractivity contribution in [3.8, 4) is 11.3 Å². The highest BCUT2D eigenvalue weighted by Gasteiger charge is 2.26. The Labute approximate surface area is 228 Å². The first-order valence-electron chi connectivity index (χ1n) is 13.5. The molecule has 0 saturated heterocycles. The highest BCUT2D eigenvalue weighted by molar-refractivity contribution is 5.95. The summed E-state index contributed by atoms with van der Waals surface area (Å²) in [7, 11) is 0. The predicted octanol–water partition coefficient (Wildman–Crippen LogP) is 6.96. The SMILES string of the molecule is CC(OC(c1ccccc1)c1c[nH]nc1-c1ccc(C2CCCCC2)cc1)C(=O)Nc1ccc(C(=O)O)cc1. The summed E-state index contributed by atoms with van der Waals surface area (Å²) >= 11 is 0. The van der Waals surface area contributed by atoms with Crippen LogP contribution in [0.15, 0.2) is 85.1 Å². The van der Waals surface area contributed by atoms with Crippen LogP contribution in [-0.4, -0.2) is 33.3 Å². The first kappa shape index (κ1) is 26.4. The Bertz CT molecular complexity index is 1390. The van der Waals surface area contributed by atoms with Gasteiger partial charge in [0.15, 0.2) is 0 Å². The maximum absolute atomic E-state index is 13.0. The second kappa shape index (κ2) is 12.1. The Morgan fingerprint density at radius 1 is 0.949 bits per heavy atom. The number of carbonyl (C=O) groups excluding carboxylic acids is 1. The monoisotopic (exact) mass is 523 g/mol. The number of aromatic amines is 1. The van der Waals surface area contributed by atoms with Crippen molar-refractivity contribution in [3.63, 3.8) is 0 Å². The number of aromatic carboxylic acids is 1. The van der Waals surface area contributed by atoms with Crippen molar-refractivity contribution in [1.29, 1.82) is 0 Å². The van der Waals surface area contributed by atoms with E-state index < -0.39 is 18.2 Å². The van der Waals surface area contributed by atoms with Crippen LogP contribution in [0.1, 0.15) is 78.1 Å². The summed E-state index contributed by atoms with van der Waals surface area (Å²) in [6, 6.07) is 24.5. The van der Waals surface area contributed by atoms with E-state index >= 15 is 0 Å². The number of ether oxygens (including phenoxy) is 1. The summed E-state index contributed by atoms with van der Waals surface area (Å²) in [5, 5.41) is 19.5. The average molecular weight is 524 g/mol. The summed E-state index contributed by atoms with van der Waals surface area (Å²) in [6.07, 6.45) is 6.92. The molecule has 1 aliphatic carbocycles. The Hall–Kier alpha value is -4.23. The van der Waals surface area contributed by atoms with Crippen LogP contribution in [0.3, 0.4) is 0 Å². The minimum Gasteiger partial charge on any atom is -0.478 e. The van der Waals surface area contributed by atoms with Crippen molar-refractivity contribution >= 4 is 17.6 Å². The normalized spacial score (nSPS) is 15.4. The van der Waals surface area contributed by atoms with Crippen molar-refractivity contribution in [3.05, 3.63) is 107 Å². The van der Waals surface area contributed by atoms with Gasteiger partial charge in [0.25, 0.3) is 5.91 Å². The van der Waals surface area contributed by atoms with Crippen molar-refractivity contribution in [2.24, 2.45) is 0 Å². The quantitative estimate of drug-likeness (QED) is 0.220. The molecule has 0 aliphatic heterocycles. The van der Waals surface area contributed by atoms with Gasteiger partial charge < -0.3 is 15.2 Å². The molecule has 5 rings (SSSR count). The number of hydrogen-bond acceptors (Lipinski definition) is 4. The fourth-order valence-corrected chi connectivity index (χ4v) is 5.24. The first-order valence-corrected chi connectivity index (χ1v) is 13.5. The molecule has 1 aromatic heterocycles. The molecular formula is C32H33N3O4. The van der Waals surface area contributed by atoms with E-state index in [-0.39, 0.29) is 11.5 Å². The number of nitrogens with one attached hydrogen (secondary N) is 2. The molecule has 1 aliphatic rings. The number of carbonyl (C=O) groups is 2. The second-order valence-corrected chi connectivity index (χ2v) is 10.1. The second-order valence-electron chi connectivity index (χ2n) is 10.1. The lowest BCUT2D eigenvalue weighted by atomic mass is 9.84. The summed E-state index contributed by atoms with van der Waals surface area (Å²) in [5.74, 6) is -0.720. The number of carboxylic acid groups (broad SMARTS) is 1. The Morgan fingerprint density at radius 2 is 1.64 bits per heavy atom. The average Bonchev–Trinajstić information content (AvgIpc) is 3.47. The molecule has 7 nitrogen and oxygen atoms in total. The van der Waals surface area contributed by atoms with Crippen LogP contribution in [0.25, 0.3) is 11.3 Å². The third-order valence-electron chi connectivity index (χ3n) is 7.42. The molecule has 4 aromatic rings. The van der Waals surface area contributed by atoms with Crippen LogP contribution in [0.2, 0.25) is 0 Å². The van der Waals surface area contributed by atoms with E-state index in [4.69, 9.17) is 9.84 Å². The van der Waals surface area contributed by atoms with Crippen molar-refractivity contribution < 1.29 is 19.4 Å². The number of nitrogens with zero attached hydrogens (tertiary/aromatic N) is 1. The molecule has 2 atom stereocenters. The largest absolute Gasteiger partial charge is 0.478 e. The number of benzene rings is 3. The molecule has 1 amide bonds. The number of aromatic nitrogens is 2. The molecule has 39 heavy (non-hydrogen) atoms. The van der Waals surface area contributed by atoms with Crippen LogP contribution in [0.5, 0.6) is 0 Å². The highest BCUT2D eigenvalue weighted by Crippen LogP contribution is 2.36. The summed E-state index contributed by atoms with van der Waals surface area (Å²) in [4.78, 5) is 24.1. The van der Waals surface area contributed by atoms with Gasteiger partial charge in [-0.3, -0.25) is 9.89 Å². The van der Waals surface area contributed by atoms with Crippen molar-refractivity contribution in [1.82, 2.24) is 10.2 Å². The molecule has 0 bridgehead atoms. The Morgan fingerprint density at radius 3 is 2.31 bits per heavy atom. The molecule has 2 unspecified atom stereocenters. The third kappa shape index (κ3) is 6.26. The van der Waals surface area contributed by atoms with E-state index in [1.807, 2.05) is 36.5 Å². The summed E-state index contributed by atoms with van der Waals surface area (Å²) < 4.78 is 6.39. The van der Waals surface area contributed by atoms with E-state index in [2.05, 4.69) is 39.8 Å². The van der Waals surface area contributed by atoms with Crippen LogP contribution in [-0.2, 0) is 9.53 Å². The van der Waals surface area contributed by atoms with E-state index in [1.54, 1.807) is 19.1 Å². The molecular weight excluding hydrogens is 490 g/mol. The molecule has 1 saturated carbocycles. The van der Waals surface area contributed by atoms with E-state index in [0.29, 0.717) is 11.6 Å². The Balaban J connectivity index is 1.36. The Kier molecular flexibility index (Phi) is 8.18. The number of anilines is 1. The van der Waals surface area contributed by atoms with Gasteiger partial charge in [-0.25, -0.2) is 4.79 Å². The standard InChI is InChI=1S/C32H33N3O4/c1-21(31(36)34-27-18-16-26(17-19-27)32(37)38)39-30(25-10-6-3-7-11-25)28-20-33-35-29(28)24-14-12-23(13-15-24)22-8-4-2-5-9-22/h3,6-7,10-22,30H,2,4-5,8-9H2,1H3,(H,33,35)(H,34,36)(H,37,38). The van der Waals surface area contributed by atoms with Crippen LogP contribution < -0.4 is 5.32 Å². The van der Waals surface area contributed by atoms with Crippen LogP contribution >= 0.6 is 0 Å². The molecule has 1 heterocycles. The zero-order chi connectivity index (χ0) is 27.2. The van der Waals surface area contributed by atoms with E-state index in [9.17, 15) is 9.59 Å². The molecule has 200 valence electrons. The van der Waals surface area contributed by atoms with Gasteiger partial charge in [0, 0.05) is 23.0 Å². The van der Waals surface area contributed by atoms with Crippen LogP contribution in [0, 0.1) is 0 Å². The van der Waals surface area contributed by atoms with Crippen molar-refractivity contribution in [2.75, 3.05) is 5.32 Å². The van der Waals surface area contributed by atoms with Gasteiger partial charge in [0.2, 0.25) is 0 Å².